The molecule has 1 saturated carbocycles. The molecular weight excluding hydrogens is 353 g/mol. The number of nitrogens with one attached hydrogen (secondary N) is 1. The molecule has 2 aliphatic rings. The van der Waals surface area contributed by atoms with E-state index in [9.17, 15) is 18.0 Å². The number of nitrogens with zero attached hydrogens (tertiary/aromatic N) is 1. The van der Waals surface area contributed by atoms with Gasteiger partial charge in [0.1, 0.15) is 5.75 Å². The fraction of sp³-hybridized carbons (Fsp3) is 0.588. The maximum Gasteiger partial charge on any atom is 0.416 e. The molecule has 1 aliphatic carbocycles. The molecule has 25 heavy (non-hydrogen) atoms. The number of carbonyl (C=O) groups excluding carboxylic acids is 1. The van der Waals surface area contributed by atoms with Crippen molar-refractivity contribution in [2.45, 2.75) is 42.4 Å². The molecule has 0 aromatic heterocycles. The number of benzene rings is 1. The van der Waals surface area contributed by atoms with Crippen LogP contribution in [0.25, 0.3) is 0 Å². The fourth-order valence-electron chi connectivity index (χ4n) is 3.35. The predicted octanol–water partition coefficient (Wildman–Crippen LogP) is 3.40. The van der Waals surface area contributed by atoms with Crippen molar-refractivity contribution in [1.82, 2.24) is 10.2 Å². The van der Waals surface area contributed by atoms with Gasteiger partial charge in [0, 0.05) is 17.0 Å². The van der Waals surface area contributed by atoms with Gasteiger partial charge in [-0.25, -0.2) is 0 Å². The van der Waals surface area contributed by atoms with Gasteiger partial charge in [-0.2, -0.15) is 13.2 Å². The number of amides is 1. The van der Waals surface area contributed by atoms with E-state index in [2.05, 4.69) is 10.2 Å². The normalized spacial score (nSPS) is 23.6. The summed E-state index contributed by atoms with van der Waals surface area (Å²) in [6.07, 6.45) is 0.421. The first kappa shape index (κ1) is 18.4. The fourth-order valence-corrected chi connectivity index (χ4v) is 4.00. The van der Waals surface area contributed by atoms with Gasteiger partial charge in [0.15, 0.2) is 0 Å². The topological polar surface area (TPSA) is 41.6 Å². The molecule has 0 unspecified atom stereocenters. The molecule has 1 saturated heterocycles. The highest BCUT2D eigenvalue weighted by Crippen LogP contribution is 2.39. The first-order chi connectivity index (χ1) is 11.8. The number of rotatable bonds is 5. The smallest absolute Gasteiger partial charge is 0.416 e. The minimum atomic E-state index is -4.48. The van der Waals surface area contributed by atoms with E-state index < -0.39 is 11.7 Å². The van der Waals surface area contributed by atoms with Gasteiger partial charge in [0.2, 0.25) is 0 Å². The summed E-state index contributed by atoms with van der Waals surface area (Å²) in [5.41, 5.74) is -0.637. The zero-order chi connectivity index (χ0) is 18.2. The molecule has 2 fully saturated rings. The third-order valence-electron chi connectivity index (χ3n) is 4.74. The van der Waals surface area contributed by atoms with Crippen molar-refractivity contribution >= 4 is 17.7 Å². The third kappa shape index (κ3) is 3.89. The molecule has 2 atom stereocenters. The number of methoxy groups -OCH3 is 1. The Morgan fingerprint density at radius 3 is 2.56 bits per heavy atom. The van der Waals surface area contributed by atoms with Gasteiger partial charge in [-0.3, -0.25) is 9.69 Å². The van der Waals surface area contributed by atoms with Crippen LogP contribution < -0.4 is 10.1 Å². The van der Waals surface area contributed by atoms with Crippen molar-refractivity contribution < 1.29 is 22.7 Å². The second-order valence-corrected chi connectivity index (χ2v) is 7.23. The lowest BCUT2D eigenvalue weighted by molar-refractivity contribution is -0.137. The summed E-state index contributed by atoms with van der Waals surface area (Å²) in [5.74, 6) is -0.420. The first-order valence-corrected chi connectivity index (χ1v) is 9.45. The van der Waals surface area contributed by atoms with Crippen LogP contribution in [0, 0.1) is 0 Å². The van der Waals surface area contributed by atoms with Crippen LogP contribution >= 0.6 is 11.8 Å². The van der Waals surface area contributed by atoms with Crippen LogP contribution in [0.3, 0.4) is 0 Å². The van der Waals surface area contributed by atoms with E-state index in [0.717, 1.165) is 43.4 Å². The van der Waals surface area contributed by atoms with E-state index in [1.807, 2.05) is 0 Å². The quantitative estimate of drug-likeness (QED) is 0.802. The number of alkyl halides is 3. The predicted molar refractivity (Wildman–Crippen MR) is 90.2 cm³/mol. The number of thioether (sulfide) groups is 1. The molecule has 0 spiro atoms. The summed E-state index contributed by atoms with van der Waals surface area (Å²) < 4.78 is 44.2. The first-order valence-electron chi connectivity index (χ1n) is 8.23. The second-order valence-electron chi connectivity index (χ2n) is 6.38. The SMILES string of the molecule is COc1cc(C(F)(F)F)cc(SC)c1C(=O)N[C@@H]1C[C@H]1N1CCCC1. The Morgan fingerprint density at radius 2 is 2.00 bits per heavy atom. The number of halogens is 3. The summed E-state index contributed by atoms with van der Waals surface area (Å²) in [4.78, 5) is 15.3. The van der Waals surface area contributed by atoms with E-state index in [0.29, 0.717) is 6.04 Å². The van der Waals surface area contributed by atoms with Crippen molar-refractivity contribution in [3.63, 3.8) is 0 Å². The molecular formula is C17H21F3N2O2S. The number of carbonyl (C=O) groups is 1. The molecule has 8 heteroatoms. The lowest BCUT2D eigenvalue weighted by atomic mass is 10.1. The Kier molecular flexibility index (Phi) is 5.20. The van der Waals surface area contributed by atoms with Crippen LogP contribution in [0.2, 0.25) is 0 Å². The molecule has 4 nitrogen and oxygen atoms in total. The zero-order valence-corrected chi connectivity index (χ0v) is 15.0. The summed E-state index contributed by atoms with van der Waals surface area (Å²) in [6, 6.07) is 2.31. The van der Waals surface area contributed by atoms with Crippen LogP contribution in [0.5, 0.6) is 5.75 Å². The van der Waals surface area contributed by atoms with Gasteiger partial charge in [0.05, 0.1) is 18.2 Å². The van der Waals surface area contributed by atoms with Crippen molar-refractivity contribution in [3.05, 3.63) is 23.3 Å². The van der Waals surface area contributed by atoms with Crippen LogP contribution in [-0.4, -0.2) is 49.3 Å². The number of hydrogen-bond donors (Lipinski definition) is 1. The van der Waals surface area contributed by atoms with Gasteiger partial charge >= 0.3 is 6.18 Å². The van der Waals surface area contributed by atoms with Crippen LogP contribution in [0.4, 0.5) is 13.2 Å². The minimum absolute atomic E-state index is 0.0463. The molecule has 0 radical (unpaired) electrons. The maximum atomic E-state index is 13.0. The van der Waals surface area contributed by atoms with Gasteiger partial charge in [-0.05, 0) is 50.7 Å². The van der Waals surface area contributed by atoms with Crippen LogP contribution in [0.15, 0.2) is 17.0 Å². The Bertz CT molecular complexity index is 635. The zero-order valence-electron chi connectivity index (χ0n) is 14.2. The van der Waals surface area contributed by atoms with E-state index in [-0.39, 0.29) is 28.2 Å². The van der Waals surface area contributed by atoms with Gasteiger partial charge in [0.25, 0.3) is 5.91 Å². The minimum Gasteiger partial charge on any atom is -0.496 e. The Morgan fingerprint density at radius 1 is 1.32 bits per heavy atom. The highest BCUT2D eigenvalue weighted by Gasteiger charge is 2.44. The summed E-state index contributed by atoms with van der Waals surface area (Å²) in [7, 11) is 1.28. The summed E-state index contributed by atoms with van der Waals surface area (Å²) in [5, 5.41) is 2.95. The highest BCUT2D eigenvalue weighted by atomic mass is 32.2. The lowest BCUT2D eigenvalue weighted by Crippen LogP contribution is -2.34. The highest BCUT2D eigenvalue weighted by molar-refractivity contribution is 7.98. The van der Waals surface area contributed by atoms with Crippen molar-refractivity contribution in [2.75, 3.05) is 26.5 Å². The van der Waals surface area contributed by atoms with E-state index in [4.69, 9.17) is 4.74 Å². The number of hydrogen-bond acceptors (Lipinski definition) is 4. The molecule has 1 aliphatic heterocycles. The van der Waals surface area contributed by atoms with E-state index in [1.54, 1.807) is 6.26 Å². The van der Waals surface area contributed by atoms with Crippen LogP contribution in [0.1, 0.15) is 35.2 Å². The monoisotopic (exact) mass is 374 g/mol. The Hall–Kier alpha value is -1.41. The molecule has 1 aromatic carbocycles. The standard InChI is InChI=1S/C17H21F3N2O2S/c1-24-13-7-10(17(18,19)20)8-14(25-2)15(13)16(23)21-11-9-12(11)22-5-3-4-6-22/h7-8,11-12H,3-6,9H2,1-2H3,(H,21,23)/t11-,12-/m1/s1. The molecule has 138 valence electrons. The molecule has 3 rings (SSSR count). The number of likely N-dealkylation sites (tertiary alicyclic amines) is 1. The Balaban J connectivity index is 1.79. The second kappa shape index (κ2) is 7.07. The van der Waals surface area contributed by atoms with Crippen molar-refractivity contribution in [1.29, 1.82) is 0 Å². The van der Waals surface area contributed by atoms with Crippen molar-refractivity contribution in [3.8, 4) is 5.75 Å². The molecule has 1 heterocycles. The van der Waals surface area contributed by atoms with E-state index >= 15 is 0 Å². The van der Waals surface area contributed by atoms with Gasteiger partial charge in [-0.15, -0.1) is 11.8 Å². The summed E-state index contributed by atoms with van der Waals surface area (Å²) in [6.45, 7) is 2.10. The third-order valence-corrected chi connectivity index (χ3v) is 5.50. The van der Waals surface area contributed by atoms with E-state index in [1.165, 1.54) is 20.0 Å². The molecule has 1 amide bonds. The average Bonchev–Trinajstić information content (AvgIpc) is 3.11. The van der Waals surface area contributed by atoms with Crippen LogP contribution in [-0.2, 0) is 6.18 Å². The lowest BCUT2D eigenvalue weighted by Gasteiger charge is -2.17. The van der Waals surface area contributed by atoms with Gasteiger partial charge in [-0.1, -0.05) is 0 Å². The average molecular weight is 374 g/mol. The molecule has 0 bridgehead atoms. The largest absolute Gasteiger partial charge is 0.496 e. The number of ether oxygens (including phenoxy) is 1. The molecule has 1 aromatic rings. The maximum absolute atomic E-state index is 13.0. The molecule has 1 N–H and O–H groups in total. The Labute approximate surface area is 149 Å². The van der Waals surface area contributed by atoms with Crippen molar-refractivity contribution in [2.24, 2.45) is 0 Å². The summed E-state index contributed by atoms with van der Waals surface area (Å²) >= 11 is 1.11. The van der Waals surface area contributed by atoms with Gasteiger partial charge < -0.3 is 10.1 Å².